The highest BCUT2D eigenvalue weighted by Gasteiger charge is 2.24. The SMILES string of the molecule is C=C(C)n1ncc2c1OC[C@H](N)C(=O)N2. The van der Waals surface area contributed by atoms with E-state index in [0.717, 1.165) is 0 Å². The van der Waals surface area contributed by atoms with Crippen molar-refractivity contribution in [1.29, 1.82) is 0 Å². The molecule has 0 aliphatic carbocycles. The molecule has 1 aromatic rings. The average molecular weight is 208 g/mol. The van der Waals surface area contributed by atoms with Crippen molar-refractivity contribution >= 4 is 17.3 Å². The zero-order valence-electron chi connectivity index (χ0n) is 8.36. The fraction of sp³-hybridized carbons (Fsp3) is 0.333. The van der Waals surface area contributed by atoms with E-state index in [0.29, 0.717) is 17.3 Å². The number of fused-ring (bicyclic) bond motifs is 1. The molecular weight excluding hydrogens is 196 g/mol. The van der Waals surface area contributed by atoms with E-state index in [1.54, 1.807) is 6.92 Å². The van der Waals surface area contributed by atoms with Gasteiger partial charge in [0.25, 0.3) is 0 Å². The molecular formula is C9H12N4O2. The normalized spacial score (nSPS) is 19.9. The highest BCUT2D eigenvalue weighted by atomic mass is 16.5. The number of nitrogens with zero attached hydrogens (tertiary/aromatic N) is 2. The van der Waals surface area contributed by atoms with Gasteiger partial charge >= 0.3 is 0 Å². The molecule has 0 saturated heterocycles. The van der Waals surface area contributed by atoms with Crippen LogP contribution in [0.5, 0.6) is 5.88 Å². The molecule has 6 nitrogen and oxygen atoms in total. The fourth-order valence-electron chi connectivity index (χ4n) is 1.30. The van der Waals surface area contributed by atoms with Gasteiger partial charge in [-0.1, -0.05) is 6.58 Å². The Labute approximate surface area is 86.7 Å². The first kappa shape index (κ1) is 9.72. The van der Waals surface area contributed by atoms with Crippen LogP contribution in [0.2, 0.25) is 0 Å². The lowest BCUT2D eigenvalue weighted by Crippen LogP contribution is -2.38. The molecule has 1 aliphatic rings. The van der Waals surface area contributed by atoms with Crippen LogP contribution in [0.1, 0.15) is 6.92 Å². The minimum absolute atomic E-state index is 0.137. The summed E-state index contributed by atoms with van der Waals surface area (Å²) < 4.78 is 6.92. The molecule has 2 heterocycles. The maximum Gasteiger partial charge on any atom is 0.245 e. The summed E-state index contributed by atoms with van der Waals surface area (Å²) >= 11 is 0. The van der Waals surface area contributed by atoms with E-state index in [1.165, 1.54) is 10.9 Å². The van der Waals surface area contributed by atoms with Gasteiger partial charge in [-0.2, -0.15) is 5.10 Å². The van der Waals surface area contributed by atoms with E-state index in [9.17, 15) is 4.79 Å². The van der Waals surface area contributed by atoms with Gasteiger partial charge in [0.2, 0.25) is 11.8 Å². The number of allylic oxidation sites excluding steroid dienone is 1. The van der Waals surface area contributed by atoms with Crippen molar-refractivity contribution in [3.05, 3.63) is 12.8 Å². The van der Waals surface area contributed by atoms with Crippen LogP contribution in [0, 0.1) is 0 Å². The Morgan fingerprint density at radius 1 is 1.87 bits per heavy atom. The van der Waals surface area contributed by atoms with Gasteiger partial charge in [-0.3, -0.25) is 4.79 Å². The molecule has 1 aliphatic heterocycles. The first-order valence-electron chi connectivity index (χ1n) is 4.52. The number of hydrogen-bond acceptors (Lipinski definition) is 4. The van der Waals surface area contributed by atoms with E-state index in [2.05, 4.69) is 17.0 Å². The van der Waals surface area contributed by atoms with Crippen LogP contribution < -0.4 is 15.8 Å². The van der Waals surface area contributed by atoms with E-state index < -0.39 is 6.04 Å². The summed E-state index contributed by atoms with van der Waals surface area (Å²) in [6.45, 7) is 5.68. The Kier molecular flexibility index (Phi) is 2.20. The number of aromatic nitrogens is 2. The van der Waals surface area contributed by atoms with Crippen molar-refractivity contribution < 1.29 is 9.53 Å². The second-order valence-electron chi connectivity index (χ2n) is 3.42. The Hall–Kier alpha value is -1.82. The van der Waals surface area contributed by atoms with Crippen LogP contribution >= 0.6 is 0 Å². The number of rotatable bonds is 1. The number of anilines is 1. The van der Waals surface area contributed by atoms with Crippen molar-refractivity contribution in [2.24, 2.45) is 5.73 Å². The minimum atomic E-state index is -0.657. The highest BCUT2D eigenvalue weighted by Crippen LogP contribution is 2.28. The standard InChI is InChI=1S/C9H12N4O2/c1-5(2)13-9-7(3-11-13)12-8(14)6(10)4-15-9/h3,6H,1,4,10H2,2H3,(H,12,14)/t6-/m0/s1. The zero-order valence-corrected chi connectivity index (χ0v) is 8.36. The molecule has 80 valence electrons. The predicted octanol–water partition coefficient (Wildman–Crippen LogP) is 0.0319. The lowest BCUT2D eigenvalue weighted by molar-refractivity contribution is -0.117. The van der Waals surface area contributed by atoms with Crippen LogP contribution in [0.25, 0.3) is 5.70 Å². The topological polar surface area (TPSA) is 82.2 Å². The zero-order chi connectivity index (χ0) is 11.0. The number of carbonyl (C=O) groups is 1. The van der Waals surface area contributed by atoms with Crippen molar-refractivity contribution in [3.63, 3.8) is 0 Å². The summed E-state index contributed by atoms with van der Waals surface area (Å²) in [6, 6.07) is -0.657. The van der Waals surface area contributed by atoms with E-state index >= 15 is 0 Å². The van der Waals surface area contributed by atoms with E-state index in [-0.39, 0.29) is 12.5 Å². The summed E-state index contributed by atoms with van der Waals surface area (Å²) in [6.07, 6.45) is 1.51. The Bertz CT molecular complexity index is 424. The number of nitrogens with one attached hydrogen (secondary N) is 1. The van der Waals surface area contributed by atoms with Crippen LogP contribution in [-0.4, -0.2) is 28.3 Å². The van der Waals surface area contributed by atoms with Gasteiger partial charge in [0, 0.05) is 5.70 Å². The third-order valence-electron chi connectivity index (χ3n) is 2.08. The van der Waals surface area contributed by atoms with Gasteiger partial charge in [-0.05, 0) is 6.92 Å². The third-order valence-corrected chi connectivity index (χ3v) is 2.08. The molecule has 15 heavy (non-hydrogen) atoms. The second kappa shape index (κ2) is 3.39. The average Bonchev–Trinajstić information content (AvgIpc) is 2.51. The summed E-state index contributed by atoms with van der Waals surface area (Å²) in [5.41, 5.74) is 6.79. The molecule has 0 fully saturated rings. The lowest BCUT2D eigenvalue weighted by Gasteiger charge is -2.08. The molecule has 6 heteroatoms. The molecule has 1 aromatic heterocycles. The monoisotopic (exact) mass is 208 g/mol. The van der Waals surface area contributed by atoms with Crippen LogP contribution in [0.4, 0.5) is 5.69 Å². The Morgan fingerprint density at radius 3 is 3.27 bits per heavy atom. The molecule has 0 bridgehead atoms. The van der Waals surface area contributed by atoms with Crippen molar-refractivity contribution in [1.82, 2.24) is 9.78 Å². The number of hydrogen-bond donors (Lipinski definition) is 2. The Balaban J connectivity index is 2.40. The van der Waals surface area contributed by atoms with Gasteiger partial charge in [-0.15, -0.1) is 0 Å². The van der Waals surface area contributed by atoms with Gasteiger partial charge in [-0.25, -0.2) is 4.68 Å². The number of carbonyl (C=O) groups excluding carboxylic acids is 1. The lowest BCUT2D eigenvalue weighted by atomic mass is 10.3. The maximum atomic E-state index is 11.4. The second-order valence-corrected chi connectivity index (χ2v) is 3.42. The smallest absolute Gasteiger partial charge is 0.245 e. The summed E-state index contributed by atoms with van der Waals surface area (Å²) in [5.74, 6) is 0.207. The van der Waals surface area contributed by atoms with Crippen molar-refractivity contribution in [2.45, 2.75) is 13.0 Å². The number of nitrogens with two attached hydrogens (primary N) is 1. The first-order valence-corrected chi connectivity index (χ1v) is 4.52. The van der Waals surface area contributed by atoms with Gasteiger partial charge < -0.3 is 15.8 Å². The number of amides is 1. The van der Waals surface area contributed by atoms with E-state index in [4.69, 9.17) is 10.5 Å². The molecule has 1 amide bonds. The fourth-order valence-corrected chi connectivity index (χ4v) is 1.30. The molecule has 2 rings (SSSR count). The molecule has 0 radical (unpaired) electrons. The quantitative estimate of drug-likeness (QED) is 0.682. The molecule has 1 atom stereocenters. The Morgan fingerprint density at radius 2 is 2.60 bits per heavy atom. The summed E-state index contributed by atoms with van der Waals surface area (Å²) in [7, 11) is 0. The highest BCUT2D eigenvalue weighted by molar-refractivity contribution is 5.96. The van der Waals surface area contributed by atoms with Gasteiger partial charge in [0.05, 0.1) is 6.20 Å². The largest absolute Gasteiger partial charge is 0.474 e. The number of ether oxygens (including phenoxy) is 1. The van der Waals surface area contributed by atoms with Crippen LogP contribution in [-0.2, 0) is 4.79 Å². The minimum Gasteiger partial charge on any atom is -0.474 e. The molecule has 0 unspecified atom stereocenters. The molecule has 0 aromatic carbocycles. The van der Waals surface area contributed by atoms with Gasteiger partial charge in [0.15, 0.2) is 0 Å². The molecule has 0 saturated carbocycles. The van der Waals surface area contributed by atoms with Crippen molar-refractivity contribution in [2.75, 3.05) is 11.9 Å². The predicted molar refractivity (Wildman–Crippen MR) is 55.3 cm³/mol. The molecule has 3 N–H and O–H groups in total. The summed E-state index contributed by atoms with van der Waals surface area (Å²) in [5, 5.41) is 6.67. The summed E-state index contributed by atoms with van der Waals surface area (Å²) in [4.78, 5) is 11.4. The maximum absolute atomic E-state index is 11.4. The molecule has 0 spiro atoms. The van der Waals surface area contributed by atoms with E-state index in [1.807, 2.05) is 0 Å². The third kappa shape index (κ3) is 1.59. The van der Waals surface area contributed by atoms with Gasteiger partial charge in [0.1, 0.15) is 18.3 Å². The van der Waals surface area contributed by atoms with Crippen LogP contribution in [0.3, 0.4) is 0 Å². The first-order chi connectivity index (χ1) is 7.09. The van der Waals surface area contributed by atoms with Crippen LogP contribution in [0.15, 0.2) is 12.8 Å². The van der Waals surface area contributed by atoms with Crippen molar-refractivity contribution in [3.8, 4) is 5.88 Å².